The first-order chi connectivity index (χ1) is 14.0. The van der Waals surface area contributed by atoms with Crippen LogP contribution in [0.15, 0.2) is 18.7 Å². The number of hydrogen-bond donors (Lipinski definition) is 0. The summed E-state index contributed by atoms with van der Waals surface area (Å²) in [6, 6.07) is -0.432. The van der Waals surface area contributed by atoms with Gasteiger partial charge in [-0.05, 0) is 30.4 Å². The average Bonchev–Trinajstić information content (AvgIpc) is 3.21. The van der Waals surface area contributed by atoms with Crippen LogP contribution in [0.25, 0.3) is 0 Å². The van der Waals surface area contributed by atoms with Crippen LogP contribution in [0.1, 0.15) is 20.8 Å². The van der Waals surface area contributed by atoms with Gasteiger partial charge in [-0.3, -0.25) is 9.36 Å². The molecule has 1 amide bonds. The van der Waals surface area contributed by atoms with Gasteiger partial charge in [-0.15, -0.1) is 0 Å². The third-order valence-corrected chi connectivity index (χ3v) is 10.4. The average molecular weight is 460 g/mol. The predicted octanol–water partition coefficient (Wildman–Crippen LogP) is 2.23. The van der Waals surface area contributed by atoms with Gasteiger partial charge < -0.3 is 28.3 Å². The number of thiocarbonyl (C=S) groups is 1. The molecule has 1 saturated heterocycles. The van der Waals surface area contributed by atoms with Gasteiger partial charge in [0.05, 0.1) is 6.61 Å². The van der Waals surface area contributed by atoms with E-state index >= 15 is 0 Å². The number of carbonyl (C=O) groups is 1. The molecule has 0 radical (unpaired) electrons. The lowest BCUT2D eigenvalue weighted by molar-refractivity contribution is -0.208. The summed E-state index contributed by atoms with van der Waals surface area (Å²) in [4.78, 5) is 18.1. The lowest BCUT2D eigenvalue weighted by Crippen LogP contribution is -2.71. The number of methoxy groups -OCH3 is 2. The quantitative estimate of drug-likeness (QED) is 0.228. The number of amides is 1. The molecule has 0 aliphatic carbocycles. The zero-order valence-corrected chi connectivity index (χ0v) is 20.6. The van der Waals surface area contributed by atoms with Crippen molar-refractivity contribution >= 4 is 31.6 Å². The number of carbonyl (C=O) groups excluding carboxylic acids is 1. The second-order valence-electron chi connectivity index (χ2n) is 8.67. The van der Waals surface area contributed by atoms with E-state index in [1.165, 1.54) is 14.2 Å². The minimum atomic E-state index is -2.07. The van der Waals surface area contributed by atoms with Gasteiger partial charge in [0.15, 0.2) is 14.4 Å². The van der Waals surface area contributed by atoms with E-state index in [9.17, 15) is 4.79 Å². The number of likely N-dealkylation sites (tertiary alicyclic amines) is 1. The summed E-state index contributed by atoms with van der Waals surface area (Å²) in [6.45, 7) is 11.2. The molecule has 1 unspecified atom stereocenters. The molecule has 1 aliphatic heterocycles. The van der Waals surface area contributed by atoms with E-state index in [1.807, 2.05) is 0 Å². The monoisotopic (exact) mass is 459 g/mol. The van der Waals surface area contributed by atoms with Crippen molar-refractivity contribution in [3.8, 4) is 0 Å². The predicted molar refractivity (Wildman–Crippen MR) is 118 cm³/mol. The number of ether oxygens (including phenoxy) is 4. The number of imidazole rings is 1. The maximum atomic E-state index is 12.6. The maximum Gasteiger partial charge on any atom is 0.269 e. The summed E-state index contributed by atoms with van der Waals surface area (Å²) >= 11 is 5.44. The first-order valence-corrected chi connectivity index (χ1v) is 13.1. The largest absolute Gasteiger partial charge is 0.462 e. The Bertz CT molecular complexity index is 710. The van der Waals surface area contributed by atoms with Crippen molar-refractivity contribution in [2.45, 2.75) is 57.2 Å². The van der Waals surface area contributed by atoms with Crippen molar-refractivity contribution in [3.63, 3.8) is 0 Å². The van der Waals surface area contributed by atoms with Gasteiger partial charge in [-0.2, -0.15) is 0 Å². The molecule has 3 atom stereocenters. The Kier molecular flexibility index (Phi) is 8.54. The Morgan fingerprint density at radius 3 is 2.53 bits per heavy atom. The molecular weight excluding hydrogens is 426 g/mol. The Hall–Kier alpha value is -1.37. The first kappa shape index (κ1) is 24.9. The molecule has 30 heavy (non-hydrogen) atoms. The molecule has 1 aromatic rings. The van der Waals surface area contributed by atoms with Crippen molar-refractivity contribution in [3.05, 3.63) is 18.7 Å². The van der Waals surface area contributed by atoms with Crippen molar-refractivity contribution in [1.82, 2.24) is 14.5 Å². The zero-order valence-electron chi connectivity index (χ0n) is 18.8. The van der Waals surface area contributed by atoms with Gasteiger partial charge in [-0.25, -0.2) is 4.98 Å². The van der Waals surface area contributed by atoms with Crippen LogP contribution in [-0.4, -0.2) is 86.5 Å². The molecule has 1 fully saturated rings. The van der Waals surface area contributed by atoms with Gasteiger partial charge in [0.1, 0.15) is 32.0 Å². The molecule has 170 valence electrons. The summed E-state index contributed by atoms with van der Waals surface area (Å²) in [5, 5.41) is 0.245. The van der Waals surface area contributed by atoms with Crippen molar-refractivity contribution in [2.24, 2.45) is 0 Å². The Balaban J connectivity index is 2.25. The summed E-state index contributed by atoms with van der Waals surface area (Å²) in [7, 11) is 0.974. The van der Waals surface area contributed by atoms with Gasteiger partial charge in [0, 0.05) is 26.6 Å². The van der Waals surface area contributed by atoms with Crippen LogP contribution < -0.4 is 0 Å². The highest BCUT2D eigenvalue weighted by molar-refractivity contribution is 7.80. The molecule has 0 N–H and O–H groups in total. The molecular formula is C19H33N3O6SSi. The third kappa shape index (κ3) is 5.65. The van der Waals surface area contributed by atoms with E-state index in [4.69, 9.17) is 35.6 Å². The molecule has 1 aliphatic rings. The van der Waals surface area contributed by atoms with Crippen LogP contribution in [-0.2, 0) is 28.2 Å². The summed E-state index contributed by atoms with van der Waals surface area (Å²) < 4.78 is 30.0. The highest BCUT2D eigenvalue weighted by Gasteiger charge is 2.54. The fourth-order valence-electron chi connectivity index (χ4n) is 2.80. The second-order valence-corrected chi connectivity index (χ2v) is 13.8. The topological polar surface area (TPSA) is 84.3 Å². The normalized spacial score (nSPS) is 20.8. The Morgan fingerprint density at radius 1 is 1.30 bits per heavy atom. The number of aromatic nitrogens is 2. The highest BCUT2D eigenvalue weighted by Crippen LogP contribution is 2.37. The van der Waals surface area contributed by atoms with Gasteiger partial charge >= 0.3 is 0 Å². The van der Waals surface area contributed by atoms with Crippen molar-refractivity contribution in [1.29, 1.82) is 0 Å². The molecule has 2 heterocycles. The Labute approximate surface area is 184 Å². The SMILES string of the molecule is COCO[C@H]1C(=O)N(COC)[C@H]1C(CO[Si](C)(C)C(C)(C)C)OC(=S)n1ccnc1. The molecule has 0 spiro atoms. The highest BCUT2D eigenvalue weighted by atomic mass is 32.1. The zero-order chi connectivity index (χ0) is 22.5. The maximum absolute atomic E-state index is 12.6. The van der Waals surface area contributed by atoms with E-state index in [-0.39, 0.29) is 36.3 Å². The minimum Gasteiger partial charge on any atom is -0.462 e. The number of β-lactam (4-membered cyclic amide) rings is 1. The smallest absolute Gasteiger partial charge is 0.269 e. The molecule has 1 aromatic heterocycles. The van der Waals surface area contributed by atoms with Crippen molar-refractivity contribution < 1.29 is 28.2 Å². The first-order valence-electron chi connectivity index (χ1n) is 9.76. The minimum absolute atomic E-state index is 0.00446. The van der Waals surface area contributed by atoms with Crippen LogP contribution in [0, 0.1) is 0 Å². The van der Waals surface area contributed by atoms with Crippen LogP contribution >= 0.6 is 12.2 Å². The summed E-state index contributed by atoms with van der Waals surface area (Å²) in [5.41, 5.74) is 0. The standard InChI is InChI=1S/C19H33N3O6SSi/c1-19(2,3)30(6,7)27-10-14(28-18(29)21-9-8-20-11-21)15-16(26-13-25-5)17(23)22(15)12-24-4/h8-9,11,14-16H,10,12-13H2,1-7H3/t14?,15-,16+/m0/s1. The van der Waals surface area contributed by atoms with Crippen LogP contribution in [0.4, 0.5) is 0 Å². The Morgan fingerprint density at radius 2 is 2.00 bits per heavy atom. The fraction of sp³-hybridized carbons (Fsp3) is 0.737. The number of rotatable bonds is 10. The van der Waals surface area contributed by atoms with E-state index in [0.29, 0.717) is 0 Å². The summed E-state index contributed by atoms with van der Waals surface area (Å²) in [5.74, 6) is -0.187. The lowest BCUT2D eigenvalue weighted by Gasteiger charge is -2.49. The molecule has 9 nitrogen and oxygen atoms in total. The van der Waals surface area contributed by atoms with Gasteiger partial charge in [-0.1, -0.05) is 20.8 Å². The van der Waals surface area contributed by atoms with E-state index in [2.05, 4.69) is 38.8 Å². The molecule has 11 heteroatoms. The lowest BCUT2D eigenvalue weighted by atomic mass is 9.93. The van der Waals surface area contributed by atoms with Gasteiger partial charge in [0.25, 0.3) is 11.1 Å². The molecule has 0 saturated carbocycles. The fourth-order valence-corrected chi connectivity index (χ4v) is 4.05. The number of hydrogen-bond acceptors (Lipinski definition) is 8. The van der Waals surface area contributed by atoms with Crippen molar-refractivity contribution in [2.75, 3.05) is 34.4 Å². The van der Waals surface area contributed by atoms with Gasteiger partial charge in [0.2, 0.25) is 0 Å². The summed E-state index contributed by atoms with van der Waals surface area (Å²) in [6.07, 6.45) is 3.60. The molecule has 0 bridgehead atoms. The molecule has 2 rings (SSSR count). The van der Waals surface area contributed by atoms with E-state index < -0.39 is 26.6 Å². The van der Waals surface area contributed by atoms with Crippen LogP contribution in [0.3, 0.4) is 0 Å². The van der Waals surface area contributed by atoms with E-state index in [1.54, 1.807) is 28.2 Å². The van der Waals surface area contributed by atoms with Crippen LogP contribution in [0.5, 0.6) is 0 Å². The second kappa shape index (κ2) is 10.3. The molecule has 0 aromatic carbocycles. The van der Waals surface area contributed by atoms with E-state index in [0.717, 1.165) is 0 Å². The number of nitrogens with zero attached hydrogens (tertiary/aromatic N) is 3. The third-order valence-electron chi connectivity index (χ3n) is 5.59. The van der Waals surface area contributed by atoms with Crippen LogP contribution in [0.2, 0.25) is 18.1 Å².